The summed E-state index contributed by atoms with van der Waals surface area (Å²) in [5.74, 6) is 1.62. The van der Waals surface area contributed by atoms with E-state index in [-0.39, 0.29) is 12.1 Å². The molecule has 3 nitrogen and oxygen atoms in total. The molecule has 0 radical (unpaired) electrons. The summed E-state index contributed by atoms with van der Waals surface area (Å²) in [7, 11) is 2.20. The van der Waals surface area contributed by atoms with E-state index < -0.39 is 0 Å². The van der Waals surface area contributed by atoms with Crippen molar-refractivity contribution in [2.24, 2.45) is 11.8 Å². The van der Waals surface area contributed by atoms with Gasteiger partial charge in [-0.05, 0) is 51.7 Å². The Bertz CT molecular complexity index is 209. The van der Waals surface area contributed by atoms with E-state index in [1.165, 1.54) is 19.5 Å². The number of nitrogens with one attached hydrogen (secondary N) is 1. The molecule has 0 aromatic carbocycles. The van der Waals surface area contributed by atoms with Gasteiger partial charge in [-0.15, -0.1) is 0 Å². The molecule has 0 amide bonds. The maximum atomic E-state index is 9.26. The first-order chi connectivity index (χ1) is 6.63. The summed E-state index contributed by atoms with van der Waals surface area (Å²) < 4.78 is 0. The van der Waals surface area contributed by atoms with Gasteiger partial charge in [-0.3, -0.25) is 0 Å². The highest BCUT2D eigenvalue weighted by atomic mass is 16.3. The smallest absolute Gasteiger partial charge is 0.0610 e. The number of hydrogen-bond acceptors (Lipinski definition) is 3. The van der Waals surface area contributed by atoms with Gasteiger partial charge >= 0.3 is 0 Å². The van der Waals surface area contributed by atoms with Crippen molar-refractivity contribution in [1.29, 1.82) is 0 Å². The summed E-state index contributed by atoms with van der Waals surface area (Å²) in [4.78, 5) is 2.42. The predicted octanol–water partition coefficient (Wildman–Crippen LogP) is 0.299. The monoisotopic (exact) mass is 198 g/mol. The highest BCUT2D eigenvalue weighted by molar-refractivity contribution is 4.96. The second kappa shape index (κ2) is 3.80. The molecule has 0 aromatic rings. The molecule has 2 rings (SSSR count). The zero-order chi connectivity index (χ0) is 10.2. The summed E-state index contributed by atoms with van der Waals surface area (Å²) >= 11 is 0. The third-order valence-corrected chi connectivity index (χ3v) is 3.95. The predicted molar refractivity (Wildman–Crippen MR) is 57.2 cm³/mol. The van der Waals surface area contributed by atoms with Crippen molar-refractivity contribution in [3.8, 4) is 0 Å². The Hall–Kier alpha value is -0.120. The number of hydrogen-bond donors (Lipinski definition) is 2. The maximum Gasteiger partial charge on any atom is 0.0610 e. The average Bonchev–Trinajstić information content (AvgIpc) is 2.73. The molecule has 0 aromatic heterocycles. The first-order valence-electron chi connectivity index (χ1n) is 5.67. The number of rotatable bonds is 2. The Balaban J connectivity index is 1.89. The molecule has 3 atom stereocenters. The van der Waals surface area contributed by atoms with Gasteiger partial charge in [0.15, 0.2) is 0 Å². The van der Waals surface area contributed by atoms with Gasteiger partial charge in [0.2, 0.25) is 0 Å². The second-order valence-corrected chi connectivity index (χ2v) is 5.37. The molecule has 3 unspecified atom stereocenters. The average molecular weight is 198 g/mol. The summed E-state index contributed by atoms with van der Waals surface area (Å²) in [5.41, 5.74) is -0.00811. The van der Waals surface area contributed by atoms with E-state index in [2.05, 4.69) is 24.2 Å². The molecule has 0 saturated carbocycles. The molecule has 3 heteroatoms. The van der Waals surface area contributed by atoms with Crippen molar-refractivity contribution in [2.45, 2.75) is 25.3 Å². The topological polar surface area (TPSA) is 35.5 Å². The van der Waals surface area contributed by atoms with E-state index >= 15 is 0 Å². The molecule has 82 valence electrons. The van der Waals surface area contributed by atoms with Gasteiger partial charge in [0.1, 0.15) is 0 Å². The van der Waals surface area contributed by atoms with Crippen molar-refractivity contribution in [3.63, 3.8) is 0 Å². The SMILES string of the molecule is CN1CCC(C2CNC(C)(CO)C2)C1. The molecular weight excluding hydrogens is 176 g/mol. The van der Waals surface area contributed by atoms with Crippen LogP contribution in [-0.2, 0) is 0 Å². The first-order valence-corrected chi connectivity index (χ1v) is 5.67. The minimum Gasteiger partial charge on any atom is -0.394 e. The lowest BCUT2D eigenvalue weighted by molar-refractivity contribution is 0.185. The molecule has 2 aliphatic rings. The van der Waals surface area contributed by atoms with Crippen molar-refractivity contribution < 1.29 is 5.11 Å². The lowest BCUT2D eigenvalue weighted by atomic mass is 9.86. The third-order valence-electron chi connectivity index (χ3n) is 3.95. The van der Waals surface area contributed by atoms with Gasteiger partial charge < -0.3 is 15.3 Å². The van der Waals surface area contributed by atoms with Crippen LogP contribution in [0.15, 0.2) is 0 Å². The lowest BCUT2D eigenvalue weighted by Gasteiger charge is -2.22. The van der Waals surface area contributed by atoms with Crippen LogP contribution < -0.4 is 5.32 Å². The van der Waals surface area contributed by atoms with Gasteiger partial charge in [-0.1, -0.05) is 0 Å². The van der Waals surface area contributed by atoms with Crippen LogP contribution in [-0.4, -0.2) is 48.8 Å². The van der Waals surface area contributed by atoms with E-state index in [1.807, 2.05) is 0 Å². The summed E-state index contributed by atoms with van der Waals surface area (Å²) in [6.45, 7) is 5.98. The minimum absolute atomic E-state index is 0.00811. The zero-order valence-corrected chi connectivity index (χ0v) is 9.29. The molecular formula is C11H22N2O. The highest BCUT2D eigenvalue weighted by Gasteiger charge is 2.39. The first kappa shape index (κ1) is 10.4. The third kappa shape index (κ3) is 1.95. The Morgan fingerprint density at radius 2 is 2.29 bits per heavy atom. The second-order valence-electron chi connectivity index (χ2n) is 5.37. The van der Waals surface area contributed by atoms with Crippen molar-refractivity contribution in [2.75, 3.05) is 33.3 Å². The molecule has 2 aliphatic heterocycles. The van der Waals surface area contributed by atoms with Crippen molar-refractivity contribution in [3.05, 3.63) is 0 Å². The Kier molecular flexibility index (Phi) is 2.82. The summed E-state index contributed by atoms with van der Waals surface area (Å²) in [6, 6.07) is 0. The number of nitrogens with zero attached hydrogens (tertiary/aromatic N) is 1. The molecule has 0 bridgehead atoms. The molecule has 2 fully saturated rings. The lowest BCUT2D eigenvalue weighted by Crippen LogP contribution is -2.39. The van der Waals surface area contributed by atoms with E-state index in [0.29, 0.717) is 0 Å². The Morgan fingerprint density at radius 1 is 1.50 bits per heavy atom. The molecule has 2 heterocycles. The number of aliphatic hydroxyl groups excluding tert-OH is 1. The van der Waals surface area contributed by atoms with Crippen LogP contribution >= 0.6 is 0 Å². The summed E-state index contributed by atoms with van der Waals surface area (Å²) in [6.07, 6.45) is 2.48. The Labute approximate surface area is 86.5 Å². The fourth-order valence-corrected chi connectivity index (χ4v) is 2.91. The summed E-state index contributed by atoms with van der Waals surface area (Å²) in [5, 5.41) is 12.7. The van der Waals surface area contributed by atoms with Crippen LogP contribution in [0.3, 0.4) is 0 Å². The van der Waals surface area contributed by atoms with Crippen LogP contribution in [0.1, 0.15) is 19.8 Å². The fourth-order valence-electron chi connectivity index (χ4n) is 2.91. The molecule has 2 N–H and O–H groups in total. The quantitative estimate of drug-likeness (QED) is 0.670. The molecule has 14 heavy (non-hydrogen) atoms. The van der Waals surface area contributed by atoms with Gasteiger partial charge in [0.05, 0.1) is 6.61 Å². The zero-order valence-electron chi connectivity index (χ0n) is 9.29. The van der Waals surface area contributed by atoms with Crippen LogP contribution in [0.4, 0.5) is 0 Å². The van der Waals surface area contributed by atoms with Gasteiger partial charge in [0, 0.05) is 12.1 Å². The number of aliphatic hydroxyl groups is 1. The standard InChI is InChI=1S/C11H22N2O/c1-11(8-14)5-10(6-12-11)9-3-4-13(2)7-9/h9-10,12,14H,3-8H2,1-2H3. The largest absolute Gasteiger partial charge is 0.394 e. The van der Waals surface area contributed by atoms with Crippen LogP contribution in [0.2, 0.25) is 0 Å². The van der Waals surface area contributed by atoms with Crippen LogP contribution in [0.5, 0.6) is 0 Å². The van der Waals surface area contributed by atoms with E-state index in [1.54, 1.807) is 0 Å². The van der Waals surface area contributed by atoms with E-state index in [9.17, 15) is 5.11 Å². The van der Waals surface area contributed by atoms with Crippen LogP contribution in [0, 0.1) is 11.8 Å². The minimum atomic E-state index is -0.00811. The van der Waals surface area contributed by atoms with E-state index in [4.69, 9.17) is 0 Å². The van der Waals surface area contributed by atoms with Gasteiger partial charge in [-0.25, -0.2) is 0 Å². The number of likely N-dealkylation sites (tertiary alicyclic amines) is 1. The van der Waals surface area contributed by atoms with Gasteiger partial charge in [0.25, 0.3) is 0 Å². The van der Waals surface area contributed by atoms with Gasteiger partial charge in [-0.2, -0.15) is 0 Å². The fraction of sp³-hybridized carbons (Fsp3) is 1.00. The van der Waals surface area contributed by atoms with Crippen LogP contribution in [0.25, 0.3) is 0 Å². The maximum absolute atomic E-state index is 9.26. The van der Waals surface area contributed by atoms with Crippen molar-refractivity contribution >= 4 is 0 Å². The molecule has 2 saturated heterocycles. The molecule has 0 aliphatic carbocycles. The van der Waals surface area contributed by atoms with Crippen molar-refractivity contribution in [1.82, 2.24) is 10.2 Å². The molecule has 0 spiro atoms. The van der Waals surface area contributed by atoms with E-state index in [0.717, 1.165) is 24.8 Å². The highest BCUT2D eigenvalue weighted by Crippen LogP contribution is 2.33. The normalized spacial score (nSPS) is 44.8. The Morgan fingerprint density at radius 3 is 2.79 bits per heavy atom.